The Morgan fingerprint density at radius 1 is 1.50 bits per heavy atom. The summed E-state index contributed by atoms with van der Waals surface area (Å²) in [7, 11) is 2.96. The van der Waals surface area contributed by atoms with Crippen molar-refractivity contribution >= 4 is 5.97 Å². The summed E-state index contributed by atoms with van der Waals surface area (Å²) in [4.78, 5) is 10.8. The van der Waals surface area contributed by atoms with E-state index in [1.807, 2.05) is 6.92 Å². The van der Waals surface area contributed by atoms with Crippen LogP contribution >= 0.6 is 0 Å². The largest absolute Gasteiger partial charge is 0.469 e. The second-order valence-electron chi connectivity index (χ2n) is 3.15. The Morgan fingerprint density at radius 3 is 2.50 bits per heavy atom. The summed E-state index contributed by atoms with van der Waals surface area (Å²) in [6.07, 6.45) is 0.880. The number of hydrogen-bond donors (Lipinski definition) is 1. The van der Waals surface area contributed by atoms with E-state index < -0.39 is 5.54 Å². The van der Waals surface area contributed by atoms with Crippen LogP contribution in [-0.2, 0) is 14.3 Å². The maximum absolute atomic E-state index is 10.8. The van der Waals surface area contributed by atoms with Crippen molar-refractivity contribution in [1.82, 2.24) is 0 Å². The van der Waals surface area contributed by atoms with Gasteiger partial charge in [0.05, 0.1) is 13.5 Å². The van der Waals surface area contributed by atoms with Crippen molar-refractivity contribution in [3.05, 3.63) is 0 Å². The van der Waals surface area contributed by atoms with Crippen LogP contribution in [0.1, 0.15) is 19.8 Å². The minimum absolute atomic E-state index is 0.229. The third-order valence-corrected chi connectivity index (χ3v) is 1.65. The highest BCUT2D eigenvalue weighted by Crippen LogP contribution is 2.11. The lowest BCUT2D eigenvalue weighted by atomic mass is 9.96. The number of nitrogens with two attached hydrogens (primary N) is 1. The van der Waals surface area contributed by atoms with Gasteiger partial charge < -0.3 is 15.2 Å². The van der Waals surface area contributed by atoms with Crippen molar-refractivity contribution in [1.29, 1.82) is 0 Å². The number of ether oxygens (including phenoxy) is 2. The molecule has 12 heavy (non-hydrogen) atoms. The fourth-order valence-corrected chi connectivity index (χ4v) is 0.826. The molecule has 0 aliphatic rings. The zero-order valence-corrected chi connectivity index (χ0v) is 7.92. The van der Waals surface area contributed by atoms with E-state index in [-0.39, 0.29) is 12.4 Å². The lowest BCUT2D eigenvalue weighted by Gasteiger charge is -2.22. The minimum atomic E-state index is -0.525. The van der Waals surface area contributed by atoms with E-state index >= 15 is 0 Å². The predicted molar refractivity (Wildman–Crippen MR) is 45.7 cm³/mol. The summed E-state index contributed by atoms with van der Waals surface area (Å²) >= 11 is 0. The van der Waals surface area contributed by atoms with Crippen molar-refractivity contribution in [2.24, 2.45) is 5.73 Å². The number of esters is 1. The Balaban J connectivity index is 3.77. The molecule has 0 spiro atoms. The molecule has 0 bridgehead atoms. The van der Waals surface area contributed by atoms with Crippen LogP contribution in [0.5, 0.6) is 0 Å². The first-order chi connectivity index (χ1) is 5.52. The van der Waals surface area contributed by atoms with Crippen LogP contribution in [0.4, 0.5) is 0 Å². The normalized spacial score (nSPS) is 15.3. The van der Waals surface area contributed by atoms with Gasteiger partial charge in [0.2, 0.25) is 0 Å². The van der Waals surface area contributed by atoms with E-state index in [4.69, 9.17) is 10.5 Å². The molecule has 0 heterocycles. The Kier molecular flexibility index (Phi) is 4.85. The Labute approximate surface area is 73.0 Å². The molecular formula is C8H17NO3. The number of carbonyl (C=O) groups excluding carboxylic acids is 1. The molecule has 72 valence electrons. The SMILES string of the molecule is COCCC(C)(N)CC(=O)OC. The van der Waals surface area contributed by atoms with Gasteiger partial charge in [-0.1, -0.05) is 0 Å². The zero-order chi connectivity index (χ0) is 9.61. The van der Waals surface area contributed by atoms with Crippen molar-refractivity contribution in [2.45, 2.75) is 25.3 Å². The zero-order valence-electron chi connectivity index (χ0n) is 7.92. The number of rotatable bonds is 5. The molecule has 4 nitrogen and oxygen atoms in total. The third kappa shape index (κ3) is 5.09. The van der Waals surface area contributed by atoms with Crippen molar-refractivity contribution in [3.63, 3.8) is 0 Å². The van der Waals surface area contributed by atoms with Gasteiger partial charge in [0.15, 0.2) is 0 Å². The van der Waals surface area contributed by atoms with Crippen molar-refractivity contribution < 1.29 is 14.3 Å². The van der Waals surface area contributed by atoms with Crippen LogP contribution in [-0.4, -0.2) is 32.3 Å². The van der Waals surface area contributed by atoms with Crippen LogP contribution in [0.15, 0.2) is 0 Å². The Bertz CT molecular complexity index is 145. The molecule has 0 radical (unpaired) electrons. The van der Waals surface area contributed by atoms with Crippen molar-refractivity contribution in [2.75, 3.05) is 20.8 Å². The van der Waals surface area contributed by atoms with Crippen LogP contribution in [0, 0.1) is 0 Å². The smallest absolute Gasteiger partial charge is 0.307 e. The first kappa shape index (κ1) is 11.4. The van der Waals surface area contributed by atoms with Gasteiger partial charge in [0, 0.05) is 19.3 Å². The summed E-state index contributed by atoms with van der Waals surface area (Å²) in [5, 5.41) is 0. The average Bonchev–Trinajstić information content (AvgIpc) is 2.00. The molecule has 0 aliphatic carbocycles. The Hall–Kier alpha value is -0.610. The first-order valence-electron chi connectivity index (χ1n) is 3.86. The van der Waals surface area contributed by atoms with Crippen LogP contribution in [0.2, 0.25) is 0 Å². The molecule has 0 aromatic rings. The van der Waals surface area contributed by atoms with E-state index in [1.165, 1.54) is 7.11 Å². The molecule has 0 saturated carbocycles. The van der Waals surface area contributed by atoms with Gasteiger partial charge in [-0.3, -0.25) is 4.79 Å². The lowest BCUT2D eigenvalue weighted by Crippen LogP contribution is -2.39. The van der Waals surface area contributed by atoms with E-state index in [1.54, 1.807) is 7.11 Å². The molecular weight excluding hydrogens is 158 g/mol. The van der Waals surface area contributed by atoms with Gasteiger partial charge in [-0.15, -0.1) is 0 Å². The van der Waals surface area contributed by atoms with Gasteiger partial charge >= 0.3 is 5.97 Å². The number of methoxy groups -OCH3 is 2. The molecule has 0 fully saturated rings. The maximum atomic E-state index is 10.8. The average molecular weight is 175 g/mol. The molecule has 2 N–H and O–H groups in total. The summed E-state index contributed by atoms with van der Waals surface area (Å²) in [5.74, 6) is -0.281. The second-order valence-corrected chi connectivity index (χ2v) is 3.15. The molecule has 4 heteroatoms. The maximum Gasteiger partial charge on any atom is 0.307 e. The molecule has 1 atom stereocenters. The predicted octanol–water partition coefficient (Wildman–Crippen LogP) is 0.303. The van der Waals surface area contributed by atoms with Gasteiger partial charge in [0.1, 0.15) is 0 Å². The highest BCUT2D eigenvalue weighted by Gasteiger charge is 2.22. The molecule has 0 amide bonds. The quantitative estimate of drug-likeness (QED) is 0.610. The Morgan fingerprint density at radius 2 is 2.08 bits per heavy atom. The topological polar surface area (TPSA) is 61.5 Å². The fraction of sp³-hybridized carbons (Fsp3) is 0.875. The molecule has 0 rings (SSSR count). The summed E-state index contributed by atoms with van der Waals surface area (Å²) in [5.41, 5.74) is 5.27. The minimum Gasteiger partial charge on any atom is -0.469 e. The molecule has 0 aromatic heterocycles. The van der Waals surface area contributed by atoms with Gasteiger partial charge in [-0.2, -0.15) is 0 Å². The van der Waals surface area contributed by atoms with Crippen LogP contribution in [0.25, 0.3) is 0 Å². The third-order valence-electron chi connectivity index (χ3n) is 1.65. The van der Waals surface area contributed by atoms with Crippen molar-refractivity contribution in [3.8, 4) is 0 Å². The standard InChI is InChI=1S/C8H17NO3/c1-8(9,4-5-11-2)6-7(10)12-3/h4-6,9H2,1-3H3. The van der Waals surface area contributed by atoms with E-state index in [0.29, 0.717) is 13.0 Å². The van der Waals surface area contributed by atoms with E-state index in [2.05, 4.69) is 4.74 Å². The lowest BCUT2D eigenvalue weighted by molar-refractivity contribution is -0.142. The number of carbonyl (C=O) groups is 1. The molecule has 0 aliphatic heterocycles. The first-order valence-corrected chi connectivity index (χ1v) is 3.86. The highest BCUT2D eigenvalue weighted by molar-refractivity contribution is 5.70. The second kappa shape index (κ2) is 5.11. The number of hydrogen-bond acceptors (Lipinski definition) is 4. The summed E-state index contributed by atoms with van der Waals surface area (Å²) in [6, 6.07) is 0. The van der Waals surface area contributed by atoms with Gasteiger partial charge in [0.25, 0.3) is 0 Å². The molecule has 0 aromatic carbocycles. The van der Waals surface area contributed by atoms with Crippen LogP contribution in [0.3, 0.4) is 0 Å². The highest BCUT2D eigenvalue weighted by atomic mass is 16.5. The van der Waals surface area contributed by atoms with Gasteiger partial charge in [-0.25, -0.2) is 0 Å². The van der Waals surface area contributed by atoms with Gasteiger partial charge in [-0.05, 0) is 13.3 Å². The molecule has 0 saturated heterocycles. The summed E-state index contributed by atoms with van der Waals surface area (Å²) in [6.45, 7) is 2.37. The molecule has 1 unspecified atom stereocenters. The van der Waals surface area contributed by atoms with E-state index in [9.17, 15) is 4.79 Å². The monoisotopic (exact) mass is 175 g/mol. The fourth-order valence-electron chi connectivity index (χ4n) is 0.826. The van der Waals surface area contributed by atoms with E-state index in [0.717, 1.165) is 0 Å². The summed E-state index contributed by atoms with van der Waals surface area (Å²) < 4.78 is 9.37. The van der Waals surface area contributed by atoms with Crippen LogP contribution < -0.4 is 5.73 Å².